The normalized spacial score (nSPS) is 7.95. The second-order valence-corrected chi connectivity index (χ2v) is 3.83. The van der Waals surface area contributed by atoms with Gasteiger partial charge in [0, 0.05) is 6.42 Å². The Kier molecular flexibility index (Phi) is 27.5. The SMILES string of the molecule is CC.CC.CCCN.Cc1ccc(CCCC=O)cc1. The maximum atomic E-state index is 10.0. The third-order valence-electron chi connectivity index (χ3n) is 2.20. The van der Waals surface area contributed by atoms with Crippen molar-refractivity contribution in [2.45, 2.75) is 67.2 Å². The lowest BCUT2D eigenvalue weighted by Gasteiger charge is -1.98. The molecule has 1 rings (SSSR count). The van der Waals surface area contributed by atoms with Crippen LogP contribution in [0.2, 0.25) is 0 Å². The number of hydrogen-bond acceptors (Lipinski definition) is 2. The summed E-state index contributed by atoms with van der Waals surface area (Å²) in [5.74, 6) is 0. The summed E-state index contributed by atoms with van der Waals surface area (Å²) in [6.45, 7) is 13.0. The van der Waals surface area contributed by atoms with Gasteiger partial charge in [0.05, 0.1) is 0 Å². The molecule has 1 aromatic rings. The molecule has 0 aliphatic heterocycles. The summed E-state index contributed by atoms with van der Waals surface area (Å²) in [6.07, 6.45) is 4.73. The van der Waals surface area contributed by atoms with Crippen molar-refractivity contribution in [1.82, 2.24) is 0 Å². The Bertz CT molecular complexity index is 265. The Morgan fingerprint density at radius 3 is 1.85 bits per heavy atom. The number of benzene rings is 1. The Hall–Kier alpha value is -1.15. The van der Waals surface area contributed by atoms with Crippen molar-refractivity contribution < 1.29 is 4.79 Å². The van der Waals surface area contributed by atoms with E-state index in [2.05, 4.69) is 38.1 Å². The first-order valence-electron chi connectivity index (χ1n) is 7.93. The minimum atomic E-state index is 0.674. The Morgan fingerprint density at radius 1 is 1.05 bits per heavy atom. The lowest BCUT2D eigenvalue weighted by molar-refractivity contribution is -0.107. The molecule has 0 spiro atoms. The van der Waals surface area contributed by atoms with Crippen molar-refractivity contribution in [2.75, 3.05) is 6.54 Å². The molecule has 0 amide bonds. The summed E-state index contributed by atoms with van der Waals surface area (Å²) in [7, 11) is 0. The van der Waals surface area contributed by atoms with Gasteiger partial charge in [-0.1, -0.05) is 64.4 Å². The van der Waals surface area contributed by atoms with E-state index in [0.717, 1.165) is 32.1 Å². The van der Waals surface area contributed by atoms with Crippen molar-refractivity contribution in [3.8, 4) is 0 Å². The first-order valence-corrected chi connectivity index (χ1v) is 7.93. The van der Waals surface area contributed by atoms with Gasteiger partial charge in [0.1, 0.15) is 6.29 Å². The first kappa shape index (κ1) is 23.9. The minimum Gasteiger partial charge on any atom is -0.330 e. The second kappa shape index (κ2) is 23.0. The van der Waals surface area contributed by atoms with Crippen LogP contribution in [-0.4, -0.2) is 12.8 Å². The van der Waals surface area contributed by atoms with Crippen molar-refractivity contribution >= 4 is 6.29 Å². The van der Waals surface area contributed by atoms with E-state index in [1.165, 1.54) is 11.1 Å². The van der Waals surface area contributed by atoms with Crippen LogP contribution >= 0.6 is 0 Å². The van der Waals surface area contributed by atoms with E-state index in [1.807, 2.05) is 27.7 Å². The highest BCUT2D eigenvalue weighted by Gasteiger charge is 1.91. The smallest absolute Gasteiger partial charge is 0.120 e. The summed E-state index contributed by atoms with van der Waals surface area (Å²) in [4.78, 5) is 10.0. The zero-order valence-electron chi connectivity index (χ0n) is 14.4. The number of hydrogen-bond donors (Lipinski definition) is 1. The summed E-state index contributed by atoms with van der Waals surface area (Å²) in [5, 5.41) is 0. The second-order valence-electron chi connectivity index (χ2n) is 3.83. The van der Waals surface area contributed by atoms with Gasteiger partial charge in [-0.25, -0.2) is 0 Å². The van der Waals surface area contributed by atoms with E-state index in [1.54, 1.807) is 0 Å². The molecule has 20 heavy (non-hydrogen) atoms. The summed E-state index contributed by atoms with van der Waals surface area (Å²) < 4.78 is 0. The summed E-state index contributed by atoms with van der Waals surface area (Å²) >= 11 is 0. The monoisotopic (exact) mass is 281 g/mol. The molecule has 0 heterocycles. The van der Waals surface area contributed by atoms with Crippen LogP contribution in [0.15, 0.2) is 24.3 Å². The number of aryl methyl sites for hydroxylation is 2. The van der Waals surface area contributed by atoms with Crippen molar-refractivity contribution in [3.63, 3.8) is 0 Å². The zero-order chi connectivity index (χ0) is 16.2. The molecule has 0 aliphatic carbocycles. The van der Waals surface area contributed by atoms with Crippen LogP contribution < -0.4 is 5.73 Å². The molecule has 1 aromatic carbocycles. The lowest BCUT2D eigenvalue weighted by atomic mass is 10.1. The maximum Gasteiger partial charge on any atom is 0.120 e. The molecule has 2 nitrogen and oxygen atoms in total. The summed E-state index contributed by atoms with van der Waals surface area (Å²) in [6, 6.07) is 8.47. The number of rotatable bonds is 5. The minimum absolute atomic E-state index is 0.674. The van der Waals surface area contributed by atoms with Gasteiger partial charge in [-0.3, -0.25) is 0 Å². The van der Waals surface area contributed by atoms with E-state index >= 15 is 0 Å². The number of carbonyl (C=O) groups is 1. The molecule has 2 N–H and O–H groups in total. The third kappa shape index (κ3) is 19.2. The summed E-state index contributed by atoms with van der Waals surface area (Å²) in [5.41, 5.74) is 7.64. The molecule has 118 valence electrons. The average molecular weight is 281 g/mol. The van der Waals surface area contributed by atoms with E-state index < -0.39 is 0 Å². The van der Waals surface area contributed by atoms with Gasteiger partial charge in [-0.15, -0.1) is 0 Å². The van der Waals surface area contributed by atoms with Crippen LogP contribution in [0.5, 0.6) is 0 Å². The highest BCUT2D eigenvalue weighted by atomic mass is 16.1. The van der Waals surface area contributed by atoms with Crippen molar-refractivity contribution in [1.29, 1.82) is 0 Å². The van der Waals surface area contributed by atoms with Crippen molar-refractivity contribution in [2.24, 2.45) is 5.73 Å². The predicted molar refractivity (Wildman–Crippen MR) is 92.2 cm³/mol. The van der Waals surface area contributed by atoms with Gasteiger partial charge in [-0.2, -0.15) is 0 Å². The van der Waals surface area contributed by atoms with E-state index in [0.29, 0.717) is 6.42 Å². The number of unbranched alkanes of at least 4 members (excludes halogenated alkanes) is 1. The lowest BCUT2D eigenvalue weighted by Crippen LogP contribution is -1.93. The van der Waals surface area contributed by atoms with Gasteiger partial charge in [0.2, 0.25) is 0 Å². The quantitative estimate of drug-likeness (QED) is 0.614. The van der Waals surface area contributed by atoms with Crippen LogP contribution in [0.4, 0.5) is 0 Å². The molecular formula is C18H35NO. The number of carbonyl (C=O) groups excluding carboxylic acids is 1. The number of nitrogens with two attached hydrogens (primary N) is 1. The molecule has 0 fully saturated rings. The van der Waals surface area contributed by atoms with E-state index in [4.69, 9.17) is 5.73 Å². The van der Waals surface area contributed by atoms with Gasteiger partial charge in [-0.05, 0) is 38.3 Å². The largest absolute Gasteiger partial charge is 0.330 e. The Morgan fingerprint density at radius 2 is 1.50 bits per heavy atom. The molecule has 0 radical (unpaired) electrons. The average Bonchev–Trinajstić information content (AvgIpc) is 2.54. The van der Waals surface area contributed by atoms with Crippen LogP contribution in [0.25, 0.3) is 0 Å². The van der Waals surface area contributed by atoms with Gasteiger partial charge in [0.25, 0.3) is 0 Å². The molecule has 0 unspecified atom stereocenters. The fourth-order valence-electron chi connectivity index (χ4n) is 1.14. The van der Waals surface area contributed by atoms with Crippen LogP contribution in [0, 0.1) is 6.92 Å². The third-order valence-corrected chi connectivity index (χ3v) is 2.20. The topological polar surface area (TPSA) is 43.1 Å². The van der Waals surface area contributed by atoms with E-state index in [-0.39, 0.29) is 0 Å². The van der Waals surface area contributed by atoms with Crippen LogP contribution in [-0.2, 0) is 11.2 Å². The molecule has 0 atom stereocenters. The van der Waals surface area contributed by atoms with Gasteiger partial charge in [0.15, 0.2) is 0 Å². The Labute approximate surface area is 126 Å². The van der Waals surface area contributed by atoms with E-state index in [9.17, 15) is 4.79 Å². The molecular weight excluding hydrogens is 246 g/mol. The standard InChI is InChI=1S/C11H14O.C3H9N.2C2H6/c1-10-5-7-11(8-6-10)4-2-3-9-12;1-2-3-4;2*1-2/h5-9H,2-4H2,1H3;2-4H2,1H3;2*1-2H3. The molecule has 0 saturated heterocycles. The van der Waals surface area contributed by atoms with Crippen LogP contribution in [0.1, 0.15) is 65.0 Å². The number of aldehydes is 1. The highest BCUT2D eigenvalue weighted by Crippen LogP contribution is 2.06. The van der Waals surface area contributed by atoms with Crippen molar-refractivity contribution in [3.05, 3.63) is 35.4 Å². The molecule has 0 bridgehead atoms. The highest BCUT2D eigenvalue weighted by molar-refractivity contribution is 5.49. The molecule has 0 saturated carbocycles. The fourth-order valence-corrected chi connectivity index (χ4v) is 1.14. The molecule has 0 aliphatic rings. The molecule has 2 heteroatoms. The maximum absolute atomic E-state index is 10.0. The fraction of sp³-hybridized carbons (Fsp3) is 0.611. The Balaban J connectivity index is -0.000000306. The predicted octanol–water partition coefficient (Wildman–Crippen LogP) is 4.92. The zero-order valence-corrected chi connectivity index (χ0v) is 14.4. The molecule has 0 aromatic heterocycles. The van der Waals surface area contributed by atoms with Crippen LogP contribution in [0.3, 0.4) is 0 Å². The van der Waals surface area contributed by atoms with Gasteiger partial charge < -0.3 is 10.5 Å². The van der Waals surface area contributed by atoms with Gasteiger partial charge >= 0.3 is 0 Å². The first-order chi connectivity index (χ1) is 9.74.